The maximum absolute atomic E-state index is 12.2. The van der Waals surface area contributed by atoms with Crippen molar-refractivity contribution in [2.75, 3.05) is 32.7 Å². The Hall–Kier alpha value is -0.980. The van der Waals surface area contributed by atoms with Crippen molar-refractivity contribution in [1.29, 1.82) is 0 Å². The number of nitrogens with one attached hydrogen (secondary N) is 2. The number of halogens is 3. The van der Waals surface area contributed by atoms with Gasteiger partial charge in [-0.3, -0.25) is 9.89 Å². The van der Waals surface area contributed by atoms with Crippen LogP contribution in [0.3, 0.4) is 0 Å². The minimum atomic E-state index is -4.15. The zero-order valence-corrected chi connectivity index (χ0v) is 15.1. The predicted octanol–water partition coefficient (Wildman–Crippen LogP) is 3.25. The summed E-state index contributed by atoms with van der Waals surface area (Å²) in [7, 11) is 0. The normalized spacial score (nSPS) is 14.4. The molecule has 138 valence electrons. The summed E-state index contributed by atoms with van der Waals surface area (Å²) in [5.74, 6) is 1.01. The van der Waals surface area contributed by atoms with Crippen molar-refractivity contribution >= 4 is 5.96 Å². The van der Waals surface area contributed by atoms with Crippen molar-refractivity contribution in [3.8, 4) is 0 Å². The molecule has 1 atom stereocenters. The molecular weight excluding hydrogens is 305 g/mol. The molecule has 23 heavy (non-hydrogen) atoms. The van der Waals surface area contributed by atoms with Crippen LogP contribution in [0.2, 0.25) is 0 Å². The third kappa shape index (κ3) is 11.2. The van der Waals surface area contributed by atoms with Crippen LogP contribution < -0.4 is 10.6 Å². The first-order valence-corrected chi connectivity index (χ1v) is 8.56. The summed E-state index contributed by atoms with van der Waals surface area (Å²) in [5.41, 5.74) is 0. The summed E-state index contributed by atoms with van der Waals surface area (Å²) in [4.78, 5) is 6.84. The van der Waals surface area contributed by atoms with Gasteiger partial charge in [0.1, 0.15) is 0 Å². The Kier molecular flexibility index (Phi) is 11.0. The molecule has 0 saturated heterocycles. The highest BCUT2D eigenvalue weighted by molar-refractivity contribution is 5.79. The second-order valence-corrected chi connectivity index (χ2v) is 6.02. The van der Waals surface area contributed by atoms with Gasteiger partial charge in [0.05, 0.1) is 13.0 Å². The van der Waals surface area contributed by atoms with Crippen LogP contribution in [0.1, 0.15) is 47.5 Å². The highest BCUT2D eigenvalue weighted by Crippen LogP contribution is 2.18. The van der Waals surface area contributed by atoms with Crippen LogP contribution in [0.5, 0.6) is 0 Å². The third-order valence-electron chi connectivity index (χ3n) is 3.58. The van der Waals surface area contributed by atoms with Crippen LogP contribution in [0.15, 0.2) is 4.99 Å². The Morgan fingerprint density at radius 2 is 1.70 bits per heavy atom. The van der Waals surface area contributed by atoms with Crippen molar-refractivity contribution in [2.24, 2.45) is 10.9 Å². The fraction of sp³-hybridized carbons (Fsp3) is 0.938. The molecular formula is C16H33F3N4. The van der Waals surface area contributed by atoms with E-state index in [1.54, 1.807) is 0 Å². The van der Waals surface area contributed by atoms with Gasteiger partial charge in [0.2, 0.25) is 0 Å². The van der Waals surface area contributed by atoms with Crippen molar-refractivity contribution in [2.45, 2.75) is 59.7 Å². The van der Waals surface area contributed by atoms with Gasteiger partial charge in [-0.2, -0.15) is 13.2 Å². The minimum Gasteiger partial charge on any atom is -0.357 e. The van der Waals surface area contributed by atoms with Crippen molar-refractivity contribution < 1.29 is 13.2 Å². The zero-order chi connectivity index (χ0) is 17.9. The first-order valence-electron chi connectivity index (χ1n) is 8.56. The van der Waals surface area contributed by atoms with Crippen molar-refractivity contribution in [3.63, 3.8) is 0 Å². The summed E-state index contributed by atoms with van der Waals surface area (Å²) in [5, 5.41) is 5.77. The summed E-state index contributed by atoms with van der Waals surface area (Å²) in [6, 6.07) is 0.308. The molecule has 0 aromatic rings. The van der Waals surface area contributed by atoms with Crippen LogP contribution in [-0.2, 0) is 0 Å². The average molecular weight is 338 g/mol. The molecule has 0 rings (SSSR count). The van der Waals surface area contributed by atoms with Crippen molar-refractivity contribution in [1.82, 2.24) is 15.5 Å². The zero-order valence-electron chi connectivity index (χ0n) is 15.1. The Labute approximate surface area is 138 Å². The van der Waals surface area contributed by atoms with Crippen LogP contribution in [0.4, 0.5) is 13.2 Å². The first-order chi connectivity index (χ1) is 10.7. The van der Waals surface area contributed by atoms with E-state index in [1.807, 2.05) is 6.92 Å². The van der Waals surface area contributed by atoms with Crippen molar-refractivity contribution in [3.05, 3.63) is 0 Å². The van der Waals surface area contributed by atoms with E-state index in [1.165, 1.54) is 0 Å². The van der Waals surface area contributed by atoms with Gasteiger partial charge in [-0.1, -0.05) is 27.7 Å². The average Bonchev–Trinajstić information content (AvgIpc) is 2.43. The fourth-order valence-corrected chi connectivity index (χ4v) is 2.48. The van der Waals surface area contributed by atoms with Gasteiger partial charge in [-0.25, -0.2) is 0 Å². The quantitative estimate of drug-likeness (QED) is 0.474. The number of hydrogen-bond donors (Lipinski definition) is 2. The van der Waals surface area contributed by atoms with E-state index in [0.717, 1.165) is 19.5 Å². The number of guanidine groups is 1. The molecule has 0 aromatic heterocycles. The van der Waals surface area contributed by atoms with Crippen LogP contribution >= 0.6 is 0 Å². The molecule has 1 unspecified atom stereocenters. The summed E-state index contributed by atoms with van der Waals surface area (Å²) < 4.78 is 36.7. The second-order valence-electron chi connectivity index (χ2n) is 6.02. The minimum absolute atomic E-state index is 0.157. The molecule has 0 saturated carbocycles. The van der Waals surface area contributed by atoms with Gasteiger partial charge in [0.15, 0.2) is 5.96 Å². The third-order valence-corrected chi connectivity index (χ3v) is 3.58. The van der Waals surface area contributed by atoms with Gasteiger partial charge < -0.3 is 10.6 Å². The Bertz CT molecular complexity index is 326. The monoisotopic (exact) mass is 338 g/mol. The SMILES string of the molecule is CCNC(=NCC(CC(C)C)N(CC)CC)NCCC(F)(F)F. The lowest BCUT2D eigenvalue weighted by Gasteiger charge is -2.30. The molecule has 2 N–H and O–H groups in total. The summed E-state index contributed by atoms with van der Waals surface area (Å²) in [6.45, 7) is 13.4. The Balaban J connectivity index is 4.72. The number of hydrogen-bond acceptors (Lipinski definition) is 2. The van der Waals surface area contributed by atoms with E-state index in [4.69, 9.17) is 0 Å². The molecule has 0 radical (unpaired) electrons. The number of likely N-dealkylation sites (N-methyl/N-ethyl adjacent to an activating group) is 1. The number of nitrogens with zero attached hydrogens (tertiary/aromatic N) is 2. The number of rotatable bonds is 10. The lowest BCUT2D eigenvalue weighted by molar-refractivity contribution is -0.132. The second kappa shape index (κ2) is 11.5. The topological polar surface area (TPSA) is 39.7 Å². The molecule has 7 heteroatoms. The smallest absolute Gasteiger partial charge is 0.357 e. The largest absolute Gasteiger partial charge is 0.390 e. The molecule has 0 aromatic carbocycles. The fourth-order valence-electron chi connectivity index (χ4n) is 2.48. The first kappa shape index (κ1) is 22.0. The van der Waals surface area contributed by atoms with Crippen LogP contribution in [-0.4, -0.2) is 55.8 Å². The van der Waals surface area contributed by atoms with Gasteiger partial charge in [-0.05, 0) is 32.4 Å². The van der Waals surface area contributed by atoms with E-state index in [0.29, 0.717) is 31.0 Å². The summed E-state index contributed by atoms with van der Waals surface area (Å²) >= 11 is 0. The molecule has 0 spiro atoms. The standard InChI is InChI=1S/C16H33F3N4/c1-6-20-15(21-10-9-16(17,18)19)22-12-14(11-13(4)5)23(7-2)8-3/h13-14H,6-12H2,1-5H3,(H2,20,21,22). The van der Waals surface area contributed by atoms with Gasteiger partial charge in [0, 0.05) is 19.1 Å². The Morgan fingerprint density at radius 3 is 2.13 bits per heavy atom. The molecule has 0 heterocycles. The molecule has 0 aliphatic carbocycles. The van der Waals surface area contributed by atoms with Gasteiger partial charge >= 0.3 is 6.18 Å². The van der Waals surface area contributed by atoms with Crippen LogP contribution in [0, 0.1) is 5.92 Å². The molecule has 0 aliphatic heterocycles. The van der Waals surface area contributed by atoms with E-state index in [-0.39, 0.29) is 6.54 Å². The maximum atomic E-state index is 12.2. The molecule has 0 bridgehead atoms. The highest BCUT2D eigenvalue weighted by atomic mass is 19.4. The van der Waals surface area contributed by atoms with E-state index < -0.39 is 12.6 Å². The molecule has 0 fully saturated rings. The predicted molar refractivity (Wildman–Crippen MR) is 90.8 cm³/mol. The number of aliphatic imine (C=N–C) groups is 1. The maximum Gasteiger partial charge on any atom is 0.390 e. The molecule has 4 nitrogen and oxygen atoms in total. The molecule has 0 aliphatic rings. The Morgan fingerprint density at radius 1 is 1.09 bits per heavy atom. The highest BCUT2D eigenvalue weighted by Gasteiger charge is 2.26. The lowest BCUT2D eigenvalue weighted by Crippen LogP contribution is -2.42. The summed E-state index contributed by atoms with van der Waals surface area (Å²) in [6.07, 6.45) is -3.98. The van der Waals surface area contributed by atoms with Gasteiger partial charge in [-0.15, -0.1) is 0 Å². The van der Waals surface area contributed by atoms with E-state index >= 15 is 0 Å². The van der Waals surface area contributed by atoms with Gasteiger partial charge in [0.25, 0.3) is 0 Å². The van der Waals surface area contributed by atoms with E-state index in [9.17, 15) is 13.2 Å². The van der Waals surface area contributed by atoms with Crippen LogP contribution in [0.25, 0.3) is 0 Å². The van der Waals surface area contributed by atoms with E-state index in [2.05, 4.69) is 48.2 Å². The number of alkyl halides is 3. The lowest BCUT2D eigenvalue weighted by atomic mass is 10.0. The molecule has 0 amide bonds.